The van der Waals surface area contributed by atoms with E-state index in [2.05, 4.69) is 5.43 Å². The number of amides is 1. The number of benzene rings is 3. The first-order valence-corrected chi connectivity index (χ1v) is 12.1. The number of hydrogen-bond acceptors (Lipinski definition) is 4. The van der Waals surface area contributed by atoms with Crippen molar-refractivity contribution < 1.29 is 14.7 Å². The van der Waals surface area contributed by atoms with E-state index in [9.17, 15) is 14.7 Å². The van der Waals surface area contributed by atoms with Crippen LogP contribution < -0.4 is 5.43 Å². The molecule has 1 amide bonds. The first kappa shape index (κ1) is 26.1. The van der Waals surface area contributed by atoms with E-state index in [0.29, 0.717) is 25.9 Å². The maximum absolute atomic E-state index is 13.7. The number of hydrazine groups is 1. The zero-order valence-corrected chi connectivity index (χ0v) is 20.5. The van der Waals surface area contributed by atoms with E-state index in [1.807, 2.05) is 110 Å². The highest BCUT2D eigenvalue weighted by Crippen LogP contribution is 2.15. The lowest BCUT2D eigenvalue weighted by Gasteiger charge is -2.36. The molecule has 0 heterocycles. The van der Waals surface area contributed by atoms with Crippen molar-refractivity contribution in [3.63, 3.8) is 0 Å². The molecule has 3 aromatic carbocycles. The SMILES string of the molecule is CCN(NC(CC(=O)O)Cc1ccccc1)C(Cc1ccccc1)C(=O)N(C)Cc1ccccc1. The molecule has 184 valence electrons. The Bertz CT molecular complexity index is 1040. The van der Waals surface area contributed by atoms with Gasteiger partial charge in [0.25, 0.3) is 0 Å². The number of carboxylic acids is 1. The van der Waals surface area contributed by atoms with Gasteiger partial charge in [-0.1, -0.05) is 97.9 Å². The number of carbonyl (C=O) groups excluding carboxylic acids is 1. The van der Waals surface area contributed by atoms with Crippen LogP contribution in [-0.2, 0) is 29.0 Å². The van der Waals surface area contributed by atoms with Crippen molar-refractivity contribution in [2.45, 2.75) is 44.8 Å². The van der Waals surface area contributed by atoms with Crippen LogP contribution in [0.2, 0.25) is 0 Å². The van der Waals surface area contributed by atoms with Crippen LogP contribution in [0.1, 0.15) is 30.0 Å². The number of nitrogens with one attached hydrogen (secondary N) is 1. The van der Waals surface area contributed by atoms with Gasteiger partial charge in [-0.05, 0) is 29.5 Å². The van der Waals surface area contributed by atoms with Crippen molar-refractivity contribution in [3.8, 4) is 0 Å². The Morgan fingerprint density at radius 1 is 0.800 bits per heavy atom. The Labute approximate surface area is 208 Å². The van der Waals surface area contributed by atoms with Gasteiger partial charge in [0.1, 0.15) is 6.04 Å². The number of hydrogen-bond donors (Lipinski definition) is 2. The summed E-state index contributed by atoms with van der Waals surface area (Å²) in [5, 5.41) is 11.5. The van der Waals surface area contributed by atoms with E-state index in [0.717, 1.165) is 16.7 Å². The van der Waals surface area contributed by atoms with Crippen LogP contribution in [0.4, 0.5) is 0 Å². The highest BCUT2D eigenvalue weighted by atomic mass is 16.4. The molecular formula is C29H35N3O3. The minimum atomic E-state index is -0.874. The molecule has 0 bridgehead atoms. The van der Waals surface area contributed by atoms with Crippen LogP contribution in [-0.4, -0.2) is 52.6 Å². The average Bonchev–Trinajstić information content (AvgIpc) is 2.87. The number of likely N-dealkylation sites (N-methyl/N-ethyl adjacent to an activating group) is 2. The lowest BCUT2D eigenvalue weighted by Crippen LogP contribution is -2.57. The molecule has 2 N–H and O–H groups in total. The molecule has 6 heteroatoms. The second-order valence-electron chi connectivity index (χ2n) is 8.79. The van der Waals surface area contributed by atoms with Gasteiger partial charge in [0, 0.05) is 26.2 Å². The van der Waals surface area contributed by atoms with Crippen LogP contribution >= 0.6 is 0 Å². The van der Waals surface area contributed by atoms with Gasteiger partial charge < -0.3 is 10.0 Å². The van der Waals surface area contributed by atoms with Crippen molar-refractivity contribution >= 4 is 11.9 Å². The number of aliphatic carboxylic acids is 1. The summed E-state index contributed by atoms with van der Waals surface area (Å²) in [5.41, 5.74) is 6.57. The smallest absolute Gasteiger partial charge is 0.304 e. The summed E-state index contributed by atoms with van der Waals surface area (Å²) in [6.07, 6.45) is 1.03. The zero-order chi connectivity index (χ0) is 25.0. The van der Waals surface area contributed by atoms with Crippen LogP contribution in [0.3, 0.4) is 0 Å². The summed E-state index contributed by atoms with van der Waals surface area (Å²) in [6.45, 7) is 3.04. The number of nitrogens with zero attached hydrogens (tertiary/aromatic N) is 2. The maximum Gasteiger partial charge on any atom is 0.304 e. The average molecular weight is 474 g/mol. The Morgan fingerprint density at radius 2 is 1.29 bits per heavy atom. The standard InChI is InChI=1S/C29H35N3O3/c1-3-32(30-26(21-28(33)34)19-23-13-7-4-8-14-23)27(20-24-15-9-5-10-16-24)29(35)31(2)22-25-17-11-6-12-18-25/h4-18,26-27,30H,3,19-22H2,1-2H3,(H,33,34). The third-order valence-corrected chi connectivity index (χ3v) is 6.01. The van der Waals surface area contributed by atoms with Crippen LogP contribution in [0.5, 0.6) is 0 Å². The van der Waals surface area contributed by atoms with Gasteiger partial charge in [-0.2, -0.15) is 0 Å². The largest absolute Gasteiger partial charge is 0.481 e. The summed E-state index contributed by atoms with van der Waals surface area (Å²) < 4.78 is 0. The van der Waals surface area contributed by atoms with Crippen molar-refractivity contribution in [3.05, 3.63) is 108 Å². The lowest BCUT2D eigenvalue weighted by atomic mass is 10.0. The molecule has 0 aliphatic rings. The van der Waals surface area contributed by atoms with E-state index in [1.165, 1.54) is 0 Å². The summed E-state index contributed by atoms with van der Waals surface area (Å²) in [5.74, 6) is -0.887. The first-order valence-electron chi connectivity index (χ1n) is 12.1. The maximum atomic E-state index is 13.7. The van der Waals surface area contributed by atoms with Crippen molar-refractivity contribution in [1.82, 2.24) is 15.3 Å². The second-order valence-corrected chi connectivity index (χ2v) is 8.79. The Hall–Kier alpha value is -3.48. The van der Waals surface area contributed by atoms with Gasteiger partial charge >= 0.3 is 5.97 Å². The van der Waals surface area contributed by atoms with Crippen molar-refractivity contribution in [1.29, 1.82) is 0 Å². The number of carboxylic acid groups (broad SMARTS) is 1. The highest BCUT2D eigenvalue weighted by molar-refractivity contribution is 5.82. The molecule has 0 saturated heterocycles. The molecule has 35 heavy (non-hydrogen) atoms. The normalized spacial score (nSPS) is 12.8. The van der Waals surface area contributed by atoms with E-state index in [-0.39, 0.29) is 18.4 Å². The van der Waals surface area contributed by atoms with Crippen LogP contribution in [0, 0.1) is 0 Å². The molecule has 0 aliphatic carbocycles. The molecule has 0 spiro atoms. The molecule has 3 rings (SSSR count). The Kier molecular flexibility index (Phi) is 10.0. The quantitative estimate of drug-likeness (QED) is 0.365. The molecule has 2 unspecified atom stereocenters. The fraction of sp³-hybridized carbons (Fsp3) is 0.310. The minimum absolute atomic E-state index is 0.0131. The van der Waals surface area contributed by atoms with E-state index in [4.69, 9.17) is 0 Å². The minimum Gasteiger partial charge on any atom is -0.481 e. The van der Waals surface area contributed by atoms with Crippen molar-refractivity contribution in [2.24, 2.45) is 0 Å². The molecule has 0 saturated carbocycles. The molecule has 2 atom stereocenters. The zero-order valence-electron chi connectivity index (χ0n) is 20.5. The van der Waals surface area contributed by atoms with Crippen LogP contribution in [0.25, 0.3) is 0 Å². The third kappa shape index (κ3) is 8.35. The van der Waals surface area contributed by atoms with Crippen molar-refractivity contribution in [2.75, 3.05) is 13.6 Å². The van der Waals surface area contributed by atoms with Gasteiger partial charge in [0.05, 0.1) is 6.42 Å². The summed E-state index contributed by atoms with van der Waals surface area (Å²) in [6, 6.07) is 28.8. The van der Waals surface area contributed by atoms with E-state index >= 15 is 0 Å². The fourth-order valence-electron chi connectivity index (χ4n) is 4.27. The lowest BCUT2D eigenvalue weighted by molar-refractivity contribution is -0.139. The molecule has 6 nitrogen and oxygen atoms in total. The highest BCUT2D eigenvalue weighted by Gasteiger charge is 2.30. The summed E-state index contributed by atoms with van der Waals surface area (Å²) in [4.78, 5) is 27.1. The number of rotatable bonds is 13. The van der Waals surface area contributed by atoms with Gasteiger partial charge in [-0.3, -0.25) is 15.0 Å². The third-order valence-electron chi connectivity index (χ3n) is 6.01. The van der Waals surface area contributed by atoms with Gasteiger partial charge in [-0.15, -0.1) is 0 Å². The van der Waals surface area contributed by atoms with Crippen LogP contribution in [0.15, 0.2) is 91.0 Å². The molecule has 0 aromatic heterocycles. The fourth-order valence-corrected chi connectivity index (χ4v) is 4.27. The first-order chi connectivity index (χ1) is 17.0. The van der Waals surface area contributed by atoms with Gasteiger partial charge in [0.2, 0.25) is 5.91 Å². The monoisotopic (exact) mass is 473 g/mol. The van der Waals surface area contributed by atoms with Gasteiger partial charge in [0.15, 0.2) is 0 Å². The second kappa shape index (κ2) is 13.4. The molecule has 0 aliphatic heterocycles. The summed E-state index contributed by atoms with van der Waals surface area (Å²) >= 11 is 0. The molecule has 0 radical (unpaired) electrons. The molecule has 3 aromatic rings. The predicted molar refractivity (Wildman–Crippen MR) is 139 cm³/mol. The topological polar surface area (TPSA) is 72.9 Å². The van der Waals surface area contributed by atoms with E-state index < -0.39 is 12.0 Å². The molecular weight excluding hydrogens is 438 g/mol. The van der Waals surface area contributed by atoms with E-state index in [1.54, 1.807) is 4.90 Å². The Balaban J connectivity index is 1.83. The summed E-state index contributed by atoms with van der Waals surface area (Å²) in [7, 11) is 1.82. The number of carbonyl (C=O) groups is 2. The predicted octanol–water partition coefficient (Wildman–Crippen LogP) is 4.17. The Morgan fingerprint density at radius 3 is 1.77 bits per heavy atom. The molecule has 0 fully saturated rings. The van der Waals surface area contributed by atoms with Gasteiger partial charge in [-0.25, -0.2) is 5.01 Å².